The minimum atomic E-state index is -0.843. The number of aryl methyl sites for hydroxylation is 1. The van der Waals surface area contributed by atoms with Crippen molar-refractivity contribution in [3.8, 4) is 28.1 Å². The molecule has 1 aliphatic carbocycles. The number of aromatic nitrogens is 3. The number of halogens is 1. The van der Waals surface area contributed by atoms with Crippen LogP contribution in [0, 0.1) is 35.0 Å². The molecular weight excluding hydrogens is 930 g/mol. The summed E-state index contributed by atoms with van der Waals surface area (Å²) in [5.74, 6) is 0.204. The number of pyridine rings is 1. The van der Waals surface area contributed by atoms with Gasteiger partial charge in [0.05, 0.1) is 44.4 Å². The Bertz CT molecular complexity index is 2690. The van der Waals surface area contributed by atoms with E-state index in [4.69, 9.17) is 25.6 Å². The second-order valence-corrected chi connectivity index (χ2v) is 21.4. The van der Waals surface area contributed by atoms with Gasteiger partial charge in [0, 0.05) is 80.9 Å². The summed E-state index contributed by atoms with van der Waals surface area (Å²) in [5, 5.41) is 30.7. The number of hydrogen-bond acceptors (Lipinski definition) is 14. The summed E-state index contributed by atoms with van der Waals surface area (Å²) in [4.78, 5) is 57.5. The summed E-state index contributed by atoms with van der Waals surface area (Å²) >= 11 is 7.84. The first-order valence-electron chi connectivity index (χ1n) is 23.8. The summed E-state index contributed by atoms with van der Waals surface area (Å²) in [6.45, 7) is 20.1. The van der Waals surface area contributed by atoms with E-state index >= 15 is 0 Å². The molecule has 1 saturated carbocycles. The minimum absolute atomic E-state index is 0.0383. The van der Waals surface area contributed by atoms with Gasteiger partial charge in [-0.2, -0.15) is 5.26 Å². The van der Waals surface area contributed by atoms with Crippen LogP contribution in [0.4, 0.5) is 5.82 Å². The Labute approximate surface area is 418 Å². The summed E-state index contributed by atoms with van der Waals surface area (Å²) in [6, 6.07) is 19.1. The van der Waals surface area contributed by atoms with Crippen LogP contribution in [-0.4, -0.2) is 118 Å². The zero-order valence-electron chi connectivity index (χ0n) is 40.9. The third-order valence-electron chi connectivity index (χ3n) is 14.2. The number of nitrogens with one attached hydrogen (secondary N) is 2. The number of nitriles is 1. The number of rotatable bonds is 16. The Kier molecular flexibility index (Phi) is 14.9. The largest absolute Gasteiger partial charge is 0.489 e. The predicted octanol–water partition coefficient (Wildman–Crippen LogP) is 7.42. The molecule has 0 spiro atoms. The zero-order valence-corrected chi connectivity index (χ0v) is 42.5. The number of ether oxygens (including phenoxy) is 2. The van der Waals surface area contributed by atoms with Crippen molar-refractivity contribution < 1.29 is 33.5 Å². The highest BCUT2D eigenvalue weighted by atomic mass is 35.5. The fourth-order valence-corrected chi connectivity index (χ4v) is 11.6. The number of nitrogens with zero attached hydrogens (tertiary/aromatic N) is 7. The van der Waals surface area contributed by atoms with Crippen LogP contribution in [0.15, 0.2) is 76.9 Å². The first-order chi connectivity index (χ1) is 33.3. The van der Waals surface area contributed by atoms with Crippen LogP contribution < -0.4 is 25.0 Å². The van der Waals surface area contributed by atoms with E-state index in [1.54, 1.807) is 41.8 Å². The predicted molar refractivity (Wildman–Crippen MR) is 267 cm³/mol. The molecule has 18 heteroatoms. The normalized spacial score (nSPS) is 21.6. The number of hydrogen-bond donors (Lipinski definition) is 3. The molecule has 3 N–H and O–H groups in total. The molecule has 1 unspecified atom stereocenters. The van der Waals surface area contributed by atoms with Crippen molar-refractivity contribution >= 4 is 46.5 Å². The van der Waals surface area contributed by atoms with Crippen molar-refractivity contribution in [1.82, 2.24) is 35.6 Å². The smallest absolute Gasteiger partial charge is 0.254 e. The monoisotopic (exact) mass is 991 g/mol. The number of β-amino-alcohol motifs (C(OH)–C–C–N with tert-alkyl or cyclic N) is 1. The van der Waals surface area contributed by atoms with E-state index in [2.05, 4.69) is 69.3 Å². The van der Waals surface area contributed by atoms with E-state index in [0.29, 0.717) is 40.8 Å². The Morgan fingerprint density at radius 2 is 1.73 bits per heavy atom. The van der Waals surface area contributed by atoms with Crippen molar-refractivity contribution in [1.29, 1.82) is 5.26 Å². The maximum atomic E-state index is 14.2. The quantitative estimate of drug-likeness (QED) is 0.0884. The van der Waals surface area contributed by atoms with Crippen molar-refractivity contribution in [2.24, 2.45) is 16.7 Å². The Balaban J connectivity index is 0.786. The highest BCUT2D eigenvalue weighted by Gasteiger charge is 2.64. The van der Waals surface area contributed by atoms with Gasteiger partial charge in [-0.25, -0.2) is 9.97 Å². The molecule has 70 heavy (non-hydrogen) atoms. The Morgan fingerprint density at radius 3 is 2.36 bits per heavy atom. The van der Waals surface area contributed by atoms with Crippen LogP contribution in [-0.2, 0) is 9.59 Å². The summed E-state index contributed by atoms with van der Waals surface area (Å²) in [7, 11) is 0. The van der Waals surface area contributed by atoms with Crippen molar-refractivity contribution in [3.63, 3.8) is 0 Å². The maximum absolute atomic E-state index is 14.2. The average Bonchev–Trinajstić information content (AvgIpc) is 4.10. The number of carbonyl (C=O) groups is 3. The molecule has 5 heterocycles. The van der Waals surface area contributed by atoms with Crippen molar-refractivity contribution in [2.75, 3.05) is 50.8 Å². The molecule has 8 rings (SSSR count). The van der Waals surface area contributed by atoms with Crippen molar-refractivity contribution in [3.05, 3.63) is 106 Å². The number of aliphatic hydroxyl groups excluding tert-OH is 1. The van der Waals surface area contributed by atoms with Gasteiger partial charge in [-0.3, -0.25) is 19.3 Å². The van der Waals surface area contributed by atoms with Gasteiger partial charge in [-0.1, -0.05) is 77.4 Å². The first-order valence-corrected chi connectivity index (χ1v) is 25.1. The maximum Gasteiger partial charge on any atom is 0.254 e. The molecule has 2 aliphatic heterocycles. The lowest BCUT2D eigenvalue weighted by molar-refractivity contribution is -0.164. The number of benzene rings is 2. The third-order valence-corrected chi connectivity index (χ3v) is 15.5. The molecule has 0 radical (unpaired) electrons. The minimum Gasteiger partial charge on any atom is -0.489 e. The molecule has 3 aromatic heterocycles. The third kappa shape index (κ3) is 10.5. The van der Waals surface area contributed by atoms with Crippen LogP contribution in [0.1, 0.15) is 99.8 Å². The van der Waals surface area contributed by atoms with Gasteiger partial charge in [0.25, 0.3) is 11.8 Å². The van der Waals surface area contributed by atoms with E-state index in [-0.39, 0.29) is 60.7 Å². The fraction of sp³-hybridized carbons (Fsp3) is 0.481. The van der Waals surface area contributed by atoms with Crippen LogP contribution in [0.25, 0.3) is 10.4 Å². The molecule has 16 nitrogen and oxygen atoms in total. The molecule has 3 fully saturated rings. The number of carbonyl (C=O) groups excluding carboxylic acids is 3. The zero-order chi connectivity index (χ0) is 50.1. The summed E-state index contributed by atoms with van der Waals surface area (Å²) in [5.41, 5.74) is 4.85. The van der Waals surface area contributed by atoms with E-state index in [1.807, 2.05) is 69.6 Å². The van der Waals surface area contributed by atoms with Gasteiger partial charge in [0.2, 0.25) is 11.8 Å². The van der Waals surface area contributed by atoms with Crippen LogP contribution in [0.2, 0.25) is 5.02 Å². The number of piperazine rings is 1. The number of likely N-dealkylation sites (tertiary alicyclic amines) is 1. The van der Waals surface area contributed by atoms with Gasteiger partial charge >= 0.3 is 0 Å². The molecule has 5 aromatic rings. The highest BCUT2D eigenvalue weighted by Crippen LogP contribution is 2.55. The van der Waals surface area contributed by atoms with Crippen LogP contribution >= 0.6 is 22.9 Å². The van der Waals surface area contributed by atoms with Gasteiger partial charge in [-0.15, -0.1) is 11.3 Å². The SMILES string of the molecule is Cc1ncsc1-c1ccc([C@H](C)NC(=O)[C@@H]2C[C@@H](O)CN2C(=O)C(c2cc(OCCN3CCN(c4ccc(C(=O)N[C@H]5C(C)(C)[C@H](Oc6ccc(C#N)c(Cl)c6)C5(C)C)cn4)CC3)no2)C(C)C)cc1. The lowest BCUT2D eigenvalue weighted by atomic mass is 9.49. The highest BCUT2D eigenvalue weighted by molar-refractivity contribution is 7.13. The first kappa shape index (κ1) is 50.3. The topological polar surface area (TPSA) is 199 Å². The molecule has 4 atom stereocenters. The average molecular weight is 993 g/mol. The van der Waals surface area contributed by atoms with Crippen LogP contribution in [0.3, 0.4) is 0 Å². The Morgan fingerprint density at radius 1 is 1.00 bits per heavy atom. The number of thiazole rings is 1. The van der Waals surface area contributed by atoms with E-state index < -0.39 is 28.9 Å². The van der Waals surface area contributed by atoms with Crippen molar-refractivity contribution in [2.45, 2.75) is 98.1 Å². The molecule has 370 valence electrons. The Hall–Kier alpha value is -6.06. The van der Waals surface area contributed by atoms with Gasteiger partial charge in [-0.05, 0) is 60.3 Å². The second-order valence-electron chi connectivity index (χ2n) is 20.2. The van der Waals surface area contributed by atoms with Crippen LogP contribution in [0.5, 0.6) is 11.6 Å². The standard InChI is InChI=1S/C52H62ClN9O7S/c1-30(2)44(48(66)62-28-37(63)23-40(62)47(65)57-31(3)33-9-11-34(12-10-33)45-32(4)56-29-70-45)41-25-43(59-69-41)67-22-21-60-17-19-61(20-18-60)42-16-14-36(27-55-42)46(64)58-49-51(5,6)50(52(49,7)8)68-38-15-13-35(26-54)39(53)24-38/h9-16,24-25,27,29-31,37,40,44,49-50,63H,17-23,28H2,1-8H3,(H,57,65)(H,58,64)/t31-,37+,40-,44?,49-,50-/m0/s1. The van der Waals surface area contributed by atoms with E-state index in [9.17, 15) is 24.8 Å². The number of amides is 3. The lowest BCUT2D eigenvalue weighted by Gasteiger charge is -2.63. The van der Waals surface area contributed by atoms with Gasteiger partial charge < -0.3 is 39.5 Å². The second kappa shape index (κ2) is 20.7. The van der Waals surface area contributed by atoms with E-state index in [0.717, 1.165) is 53.7 Å². The molecule has 2 saturated heterocycles. The van der Waals surface area contributed by atoms with Gasteiger partial charge in [0.15, 0.2) is 5.76 Å². The summed E-state index contributed by atoms with van der Waals surface area (Å²) in [6.07, 6.45) is 0.706. The van der Waals surface area contributed by atoms with E-state index in [1.165, 1.54) is 4.90 Å². The fourth-order valence-electron chi connectivity index (χ4n) is 10.6. The molecule has 0 bridgehead atoms. The lowest BCUT2D eigenvalue weighted by Crippen LogP contribution is -2.74. The van der Waals surface area contributed by atoms with Gasteiger partial charge in [0.1, 0.15) is 42.3 Å². The molecular formula is C52H62ClN9O7S. The number of anilines is 1. The molecule has 3 aliphatic rings. The molecule has 3 amide bonds. The number of aliphatic hydroxyl groups is 1. The molecule has 2 aromatic carbocycles. The summed E-state index contributed by atoms with van der Waals surface area (Å²) < 4.78 is 18.1.